The van der Waals surface area contributed by atoms with E-state index >= 15 is 0 Å². The zero-order chi connectivity index (χ0) is 15.2. The van der Waals surface area contributed by atoms with Crippen LogP contribution in [-0.4, -0.2) is 51.8 Å². The summed E-state index contributed by atoms with van der Waals surface area (Å²) in [4.78, 5) is 18.2. The van der Waals surface area contributed by atoms with Crippen LogP contribution in [0.25, 0.3) is 0 Å². The molecule has 1 amide bonds. The average molecular weight is 288 g/mol. The monoisotopic (exact) mass is 288 g/mol. The van der Waals surface area contributed by atoms with Crippen molar-refractivity contribution >= 4 is 5.91 Å². The standard InChI is InChI=1S/C16H20N2O3/c1-12(20)14-7-8-18(11-14)16(21)15-6-5-13(10-17-15)4-2-3-9-19/h5-6,10,12,14,19-20H,3,7-9,11H2,1H3. The normalized spacial score (nSPS) is 19.0. The van der Waals surface area contributed by atoms with Crippen molar-refractivity contribution < 1.29 is 15.0 Å². The molecule has 0 radical (unpaired) electrons. The van der Waals surface area contributed by atoms with Gasteiger partial charge in [-0.25, -0.2) is 4.98 Å². The topological polar surface area (TPSA) is 73.7 Å². The van der Waals surface area contributed by atoms with Crippen LogP contribution < -0.4 is 0 Å². The molecular weight excluding hydrogens is 268 g/mol. The van der Waals surface area contributed by atoms with E-state index in [2.05, 4.69) is 16.8 Å². The molecule has 2 unspecified atom stereocenters. The molecule has 112 valence electrons. The van der Waals surface area contributed by atoms with E-state index in [0.717, 1.165) is 12.0 Å². The minimum absolute atomic E-state index is 0.0381. The third kappa shape index (κ3) is 4.03. The van der Waals surface area contributed by atoms with Crippen LogP contribution in [0.15, 0.2) is 18.3 Å². The molecule has 5 nitrogen and oxygen atoms in total. The molecule has 1 aromatic heterocycles. The van der Waals surface area contributed by atoms with Gasteiger partial charge in [0.25, 0.3) is 5.91 Å². The molecular formula is C16H20N2O3. The number of aliphatic hydroxyl groups is 2. The highest BCUT2D eigenvalue weighted by Gasteiger charge is 2.29. The third-order valence-corrected chi connectivity index (χ3v) is 3.65. The SMILES string of the molecule is CC(O)C1CCN(C(=O)c2ccc(C#CCCO)cn2)C1. The van der Waals surface area contributed by atoms with Crippen molar-refractivity contribution in [3.8, 4) is 11.8 Å². The van der Waals surface area contributed by atoms with Crippen LogP contribution >= 0.6 is 0 Å². The molecule has 1 saturated heterocycles. The van der Waals surface area contributed by atoms with Gasteiger partial charge in [-0.15, -0.1) is 0 Å². The fourth-order valence-electron chi connectivity index (χ4n) is 2.34. The van der Waals surface area contributed by atoms with Gasteiger partial charge in [0.05, 0.1) is 12.7 Å². The Hall–Kier alpha value is -1.90. The second kappa shape index (κ2) is 7.21. The minimum Gasteiger partial charge on any atom is -0.395 e. The summed E-state index contributed by atoms with van der Waals surface area (Å²) in [6, 6.07) is 3.42. The first-order valence-electron chi connectivity index (χ1n) is 7.15. The predicted octanol–water partition coefficient (Wildman–Crippen LogP) is 0.658. The summed E-state index contributed by atoms with van der Waals surface area (Å²) in [5, 5.41) is 18.2. The van der Waals surface area contributed by atoms with Crippen LogP contribution in [0.2, 0.25) is 0 Å². The number of likely N-dealkylation sites (tertiary alicyclic amines) is 1. The van der Waals surface area contributed by atoms with Crippen molar-refractivity contribution in [2.45, 2.75) is 25.9 Å². The van der Waals surface area contributed by atoms with Crippen molar-refractivity contribution in [1.29, 1.82) is 0 Å². The summed E-state index contributed by atoms with van der Waals surface area (Å²) >= 11 is 0. The van der Waals surface area contributed by atoms with Crippen molar-refractivity contribution in [1.82, 2.24) is 9.88 Å². The van der Waals surface area contributed by atoms with E-state index < -0.39 is 0 Å². The third-order valence-electron chi connectivity index (χ3n) is 3.65. The van der Waals surface area contributed by atoms with E-state index in [-0.39, 0.29) is 24.5 Å². The van der Waals surface area contributed by atoms with Gasteiger partial charge in [-0.3, -0.25) is 4.79 Å². The number of carbonyl (C=O) groups excluding carboxylic acids is 1. The van der Waals surface area contributed by atoms with Crippen molar-refractivity contribution in [3.05, 3.63) is 29.6 Å². The van der Waals surface area contributed by atoms with Gasteiger partial charge >= 0.3 is 0 Å². The summed E-state index contributed by atoms with van der Waals surface area (Å²) in [5.41, 5.74) is 1.12. The number of hydrogen-bond donors (Lipinski definition) is 2. The lowest BCUT2D eigenvalue weighted by molar-refractivity contribution is 0.0757. The first-order chi connectivity index (χ1) is 10.1. The molecule has 0 bridgehead atoms. The van der Waals surface area contributed by atoms with E-state index in [9.17, 15) is 9.90 Å². The molecule has 1 aromatic rings. The van der Waals surface area contributed by atoms with E-state index in [1.807, 2.05) is 0 Å². The highest BCUT2D eigenvalue weighted by molar-refractivity contribution is 5.92. The maximum absolute atomic E-state index is 12.3. The van der Waals surface area contributed by atoms with E-state index in [1.165, 1.54) is 0 Å². The number of rotatable bonds is 3. The van der Waals surface area contributed by atoms with Crippen molar-refractivity contribution in [3.63, 3.8) is 0 Å². The molecule has 2 N–H and O–H groups in total. The first-order valence-corrected chi connectivity index (χ1v) is 7.15. The lowest BCUT2D eigenvalue weighted by atomic mass is 10.0. The van der Waals surface area contributed by atoms with E-state index in [0.29, 0.717) is 25.2 Å². The van der Waals surface area contributed by atoms with Gasteiger partial charge in [0.2, 0.25) is 0 Å². The number of carbonyl (C=O) groups is 1. The smallest absolute Gasteiger partial charge is 0.272 e. The van der Waals surface area contributed by atoms with Gasteiger partial charge in [0.1, 0.15) is 5.69 Å². The Morgan fingerprint density at radius 2 is 2.38 bits per heavy atom. The Bertz CT molecular complexity index is 543. The number of amides is 1. The van der Waals surface area contributed by atoms with E-state index in [1.54, 1.807) is 30.2 Å². The Morgan fingerprint density at radius 3 is 2.95 bits per heavy atom. The van der Waals surface area contributed by atoms with Gasteiger partial charge in [-0.05, 0) is 25.5 Å². The molecule has 1 fully saturated rings. The largest absolute Gasteiger partial charge is 0.395 e. The van der Waals surface area contributed by atoms with Crippen LogP contribution in [-0.2, 0) is 0 Å². The molecule has 1 aliphatic heterocycles. The summed E-state index contributed by atoms with van der Waals surface area (Å²) in [7, 11) is 0. The number of nitrogens with zero attached hydrogens (tertiary/aromatic N) is 2. The molecule has 1 aliphatic rings. The maximum atomic E-state index is 12.3. The van der Waals surface area contributed by atoms with Crippen LogP contribution in [0.4, 0.5) is 0 Å². The van der Waals surface area contributed by atoms with Crippen LogP contribution in [0.3, 0.4) is 0 Å². The molecule has 21 heavy (non-hydrogen) atoms. The Balaban J connectivity index is 1.99. The van der Waals surface area contributed by atoms with Gasteiger partial charge < -0.3 is 15.1 Å². The Labute approximate surface area is 124 Å². The molecule has 0 aromatic carbocycles. The number of pyridine rings is 1. The Kier molecular flexibility index (Phi) is 5.32. The quantitative estimate of drug-likeness (QED) is 0.801. The van der Waals surface area contributed by atoms with Crippen LogP contribution in [0, 0.1) is 17.8 Å². The Morgan fingerprint density at radius 1 is 1.57 bits per heavy atom. The molecule has 0 spiro atoms. The molecule has 2 heterocycles. The second-order valence-electron chi connectivity index (χ2n) is 5.25. The molecule has 0 saturated carbocycles. The van der Waals surface area contributed by atoms with Gasteiger partial charge in [0, 0.05) is 37.2 Å². The zero-order valence-corrected chi connectivity index (χ0v) is 12.1. The zero-order valence-electron chi connectivity index (χ0n) is 12.1. The highest BCUT2D eigenvalue weighted by Crippen LogP contribution is 2.21. The van der Waals surface area contributed by atoms with Gasteiger partial charge in [-0.1, -0.05) is 11.8 Å². The predicted molar refractivity (Wildman–Crippen MR) is 78.5 cm³/mol. The average Bonchev–Trinajstić information content (AvgIpc) is 2.97. The number of aliphatic hydroxyl groups excluding tert-OH is 2. The fourth-order valence-corrected chi connectivity index (χ4v) is 2.34. The lowest BCUT2D eigenvalue weighted by Crippen LogP contribution is -2.30. The van der Waals surface area contributed by atoms with E-state index in [4.69, 9.17) is 5.11 Å². The molecule has 0 aliphatic carbocycles. The minimum atomic E-state index is -0.389. The fraction of sp³-hybridized carbons (Fsp3) is 0.500. The number of aromatic nitrogens is 1. The highest BCUT2D eigenvalue weighted by atomic mass is 16.3. The van der Waals surface area contributed by atoms with Crippen LogP contribution in [0.5, 0.6) is 0 Å². The lowest BCUT2D eigenvalue weighted by Gasteiger charge is -2.17. The summed E-state index contributed by atoms with van der Waals surface area (Å²) in [5.74, 6) is 5.73. The second-order valence-corrected chi connectivity index (χ2v) is 5.25. The van der Waals surface area contributed by atoms with Gasteiger partial charge in [0.15, 0.2) is 0 Å². The first kappa shape index (κ1) is 15.5. The summed E-state index contributed by atoms with van der Waals surface area (Å²) < 4.78 is 0. The van der Waals surface area contributed by atoms with Crippen LogP contribution in [0.1, 0.15) is 35.8 Å². The summed E-state index contributed by atoms with van der Waals surface area (Å²) in [6.07, 6.45) is 2.43. The molecule has 2 atom stereocenters. The maximum Gasteiger partial charge on any atom is 0.272 e. The molecule has 5 heteroatoms. The molecule has 2 rings (SSSR count). The number of hydrogen-bond acceptors (Lipinski definition) is 4. The summed E-state index contributed by atoms with van der Waals surface area (Å²) in [6.45, 7) is 3.04. The van der Waals surface area contributed by atoms with Crippen molar-refractivity contribution in [2.24, 2.45) is 5.92 Å². The van der Waals surface area contributed by atoms with Gasteiger partial charge in [-0.2, -0.15) is 0 Å². The van der Waals surface area contributed by atoms with Crippen molar-refractivity contribution in [2.75, 3.05) is 19.7 Å².